The molecule has 0 radical (unpaired) electrons. The van der Waals surface area contributed by atoms with Crippen LogP contribution in [0.15, 0.2) is 142 Å². The molecule has 4 aromatic heterocycles. The zero-order valence-electron chi connectivity index (χ0n) is 26.3. The van der Waals surface area contributed by atoms with Gasteiger partial charge in [0.25, 0.3) is 0 Å². The molecule has 0 N–H and O–H groups in total. The lowest BCUT2D eigenvalue weighted by Gasteiger charge is -2.16. The lowest BCUT2D eigenvalue weighted by molar-refractivity contribution is 0.669. The fourth-order valence-electron chi connectivity index (χ4n) is 8.16. The molecule has 0 saturated carbocycles. The first-order valence-electron chi connectivity index (χ1n) is 16.4. The van der Waals surface area contributed by atoms with Gasteiger partial charge in [-0.25, -0.2) is 0 Å². The zero-order chi connectivity index (χ0) is 33.1. The summed E-state index contributed by atoms with van der Waals surface area (Å²) in [6.07, 6.45) is 0. The molecule has 230 valence electrons. The zero-order valence-corrected chi connectivity index (χ0v) is 26.3. The van der Waals surface area contributed by atoms with Gasteiger partial charge in [0.15, 0.2) is 0 Å². The lowest BCUT2D eigenvalue weighted by atomic mass is 10.0. The third-order valence-electron chi connectivity index (χ3n) is 10.2. The molecule has 0 atom stereocenters. The van der Waals surface area contributed by atoms with Crippen molar-refractivity contribution in [1.29, 1.82) is 10.5 Å². The van der Waals surface area contributed by atoms with Crippen LogP contribution >= 0.6 is 0 Å². The molecular formula is C44H22N4O2. The van der Waals surface area contributed by atoms with E-state index in [4.69, 9.17) is 8.83 Å². The quantitative estimate of drug-likeness (QED) is 0.189. The normalized spacial score (nSPS) is 12.0. The van der Waals surface area contributed by atoms with E-state index in [0.717, 1.165) is 87.5 Å². The molecule has 0 spiro atoms. The van der Waals surface area contributed by atoms with Crippen molar-refractivity contribution in [2.75, 3.05) is 0 Å². The molecule has 0 fully saturated rings. The molecule has 11 rings (SSSR count). The second-order valence-electron chi connectivity index (χ2n) is 12.7. The minimum absolute atomic E-state index is 0.446. The average molecular weight is 639 g/mol. The number of nitrogens with zero attached hydrogens (tertiary/aromatic N) is 4. The van der Waals surface area contributed by atoms with E-state index in [2.05, 4.69) is 69.8 Å². The number of benzene rings is 7. The summed E-state index contributed by atoms with van der Waals surface area (Å²) in [4.78, 5) is 0. The van der Waals surface area contributed by atoms with Crippen molar-refractivity contribution in [3.63, 3.8) is 0 Å². The van der Waals surface area contributed by atoms with Crippen LogP contribution in [0.3, 0.4) is 0 Å². The summed E-state index contributed by atoms with van der Waals surface area (Å²) in [7, 11) is 0. The summed E-state index contributed by atoms with van der Waals surface area (Å²) in [6, 6.07) is 49.5. The van der Waals surface area contributed by atoms with Crippen LogP contribution in [0.2, 0.25) is 0 Å². The highest BCUT2D eigenvalue weighted by Crippen LogP contribution is 2.44. The van der Waals surface area contributed by atoms with Crippen LogP contribution in [0.5, 0.6) is 0 Å². The Kier molecular flexibility index (Phi) is 5.16. The van der Waals surface area contributed by atoms with Gasteiger partial charge in [-0.05, 0) is 60.7 Å². The Morgan fingerprint density at radius 3 is 1.24 bits per heavy atom. The van der Waals surface area contributed by atoms with E-state index in [9.17, 15) is 10.5 Å². The van der Waals surface area contributed by atoms with Gasteiger partial charge in [-0.2, -0.15) is 10.5 Å². The molecule has 50 heavy (non-hydrogen) atoms. The van der Waals surface area contributed by atoms with Crippen LogP contribution in [-0.4, -0.2) is 9.13 Å². The molecule has 6 nitrogen and oxygen atoms in total. The van der Waals surface area contributed by atoms with Gasteiger partial charge in [0.1, 0.15) is 34.5 Å². The predicted octanol–water partition coefficient (Wildman–Crippen LogP) is 11.4. The van der Waals surface area contributed by atoms with E-state index >= 15 is 0 Å². The summed E-state index contributed by atoms with van der Waals surface area (Å²) < 4.78 is 16.9. The third kappa shape index (κ3) is 3.34. The molecule has 0 aliphatic rings. The Bertz CT molecular complexity index is 3130. The Balaban J connectivity index is 1.30. The smallest absolute Gasteiger partial charge is 0.137 e. The van der Waals surface area contributed by atoms with Crippen LogP contribution in [0.4, 0.5) is 0 Å². The van der Waals surface area contributed by atoms with E-state index in [0.29, 0.717) is 22.5 Å². The molecule has 4 heterocycles. The maximum Gasteiger partial charge on any atom is 0.137 e. The fraction of sp³-hybridized carbons (Fsp3) is 0. The van der Waals surface area contributed by atoms with Crippen LogP contribution < -0.4 is 0 Å². The summed E-state index contributed by atoms with van der Waals surface area (Å²) in [5.74, 6) is 0. The number of furan rings is 2. The molecule has 7 aromatic carbocycles. The predicted molar refractivity (Wildman–Crippen MR) is 199 cm³/mol. The average Bonchev–Trinajstić information content (AvgIpc) is 3.91. The Morgan fingerprint density at radius 1 is 0.400 bits per heavy atom. The van der Waals surface area contributed by atoms with Gasteiger partial charge >= 0.3 is 0 Å². The van der Waals surface area contributed by atoms with Gasteiger partial charge in [-0.1, -0.05) is 72.8 Å². The van der Waals surface area contributed by atoms with Crippen LogP contribution in [0, 0.1) is 22.7 Å². The van der Waals surface area contributed by atoms with Crippen LogP contribution in [0.1, 0.15) is 11.1 Å². The van der Waals surface area contributed by atoms with Crippen molar-refractivity contribution in [3.05, 3.63) is 145 Å². The third-order valence-corrected chi connectivity index (χ3v) is 10.2. The molecule has 0 saturated heterocycles. The van der Waals surface area contributed by atoms with E-state index in [-0.39, 0.29) is 0 Å². The standard InChI is InChI=1S/C44H22N4O2/c45-23-25-22-36(48-34-14-6-2-10-28(34)30-18-20-40-42(44(30)48)32-12-4-8-16-38(32)50-40)26(24-46)21-35(25)47-33-13-5-1-9-27(33)29-17-19-39-41(43(29)47)31-11-3-7-15-37(31)49-39/h1-22H. The van der Waals surface area contributed by atoms with Crippen molar-refractivity contribution in [2.45, 2.75) is 0 Å². The van der Waals surface area contributed by atoms with Crippen molar-refractivity contribution in [2.24, 2.45) is 0 Å². The second-order valence-corrected chi connectivity index (χ2v) is 12.7. The van der Waals surface area contributed by atoms with E-state index in [1.54, 1.807) is 0 Å². The molecule has 11 aromatic rings. The number of fused-ring (bicyclic) bond motifs is 14. The van der Waals surface area contributed by atoms with Gasteiger partial charge in [0.05, 0.1) is 55.3 Å². The topological polar surface area (TPSA) is 83.7 Å². The second kappa shape index (κ2) is 9.64. The van der Waals surface area contributed by atoms with Crippen molar-refractivity contribution in [3.8, 4) is 23.5 Å². The van der Waals surface area contributed by atoms with E-state index in [1.165, 1.54) is 0 Å². The van der Waals surface area contributed by atoms with Crippen molar-refractivity contribution < 1.29 is 8.83 Å². The van der Waals surface area contributed by atoms with Gasteiger partial charge < -0.3 is 18.0 Å². The highest BCUT2D eigenvalue weighted by Gasteiger charge is 2.24. The largest absolute Gasteiger partial charge is 0.456 e. The van der Waals surface area contributed by atoms with E-state index < -0.39 is 0 Å². The Morgan fingerprint density at radius 2 is 0.800 bits per heavy atom. The number of rotatable bonds is 2. The minimum atomic E-state index is 0.446. The summed E-state index contributed by atoms with van der Waals surface area (Å²) in [5.41, 5.74) is 9.04. The van der Waals surface area contributed by atoms with Gasteiger partial charge in [0.2, 0.25) is 0 Å². The summed E-state index contributed by atoms with van der Waals surface area (Å²) >= 11 is 0. The first kappa shape index (κ1) is 26.8. The number of hydrogen-bond donors (Lipinski definition) is 0. The van der Waals surface area contributed by atoms with Gasteiger partial charge in [0, 0.05) is 32.3 Å². The maximum absolute atomic E-state index is 10.9. The number of aromatic nitrogens is 2. The minimum Gasteiger partial charge on any atom is -0.456 e. The molecule has 0 unspecified atom stereocenters. The van der Waals surface area contributed by atoms with Gasteiger partial charge in [-0.3, -0.25) is 0 Å². The Hall–Kier alpha value is -7.28. The number of hydrogen-bond acceptors (Lipinski definition) is 4. The Labute approximate surface area is 283 Å². The molecule has 6 heteroatoms. The number of para-hydroxylation sites is 4. The molecular weight excluding hydrogens is 617 g/mol. The van der Waals surface area contributed by atoms with Crippen molar-refractivity contribution in [1.82, 2.24) is 9.13 Å². The molecule has 0 bridgehead atoms. The van der Waals surface area contributed by atoms with Crippen LogP contribution in [-0.2, 0) is 0 Å². The molecule has 0 aliphatic heterocycles. The maximum atomic E-state index is 10.9. The van der Waals surface area contributed by atoms with Crippen LogP contribution in [0.25, 0.3) is 98.9 Å². The van der Waals surface area contributed by atoms with E-state index in [1.807, 2.05) is 84.9 Å². The highest BCUT2D eigenvalue weighted by atomic mass is 16.3. The monoisotopic (exact) mass is 638 g/mol. The molecule has 0 amide bonds. The van der Waals surface area contributed by atoms with Gasteiger partial charge in [-0.15, -0.1) is 0 Å². The first-order valence-corrected chi connectivity index (χ1v) is 16.4. The summed E-state index contributed by atoms with van der Waals surface area (Å²) in [5, 5.41) is 29.9. The first-order chi connectivity index (χ1) is 24.7. The summed E-state index contributed by atoms with van der Waals surface area (Å²) in [6.45, 7) is 0. The lowest BCUT2D eigenvalue weighted by Crippen LogP contribution is -2.04. The number of nitriles is 2. The fourth-order valence-corrected chi connectivity index (χ4v) is 8.16. The molecule has 0 aliphatic carbocycles. The SMILES string of the molecule is N#Cc1cc(-n2c3ccccc3c3ccc4oc5ccccc5c4c32)c(C#N)cc1-n1c2ccccc2c2ccc3oc4ccccc4c3c21. The van der Waals surface area contributed by atoms with Crippen molar-refractivity contribution >= 4 is 87.5 Å². The highest BCUT2D eigenvalue weighted by molar-refractivity contribution is 6.26.